The Morgan fingerprint density at radius 3 is 2.61 bits per heavy atom. The Balaban J connectivity index is 1.60. The van der Waals surface area contributed by atoms with Crippen LogP contribution in [0.1, 0.15) is 11.7 Å². The van der Waals surface area contributed by atoms with Crippen molar-refractivity contribution in [1.29, 1.82) is 0 Å². The normalized spacial score (nSPS) is 11.3. The minimum atomic E-state index is -0.484. The quantitative estimate of drug-likeness (QED) is 0.382. The van der Waals surface area contributed by atoms with Gasteiger partial charge in [-0.1, -0.05) is 45.4 Å². The maximum atomic E-state index is 13.2. The molecular weight excluding hydrogens is 464 g/mol. The van der Waals surface area contributed by atoms with E-state index in [-0.39, 0.29) is 24.5 Å². The molecule has 0 aliphatic heterocycles. The molecule has 0 atom stereocenters. The summed E-state index contributed by atoms with van der Waals surface area (Å²) in [6.07, 6.45) is 1.50. The van der Waals surface area contributed by atoms with Gasteiger partial charge in [-0.25, -0.2) is 4.79 Å². The Kier molecular flexibility index (Phi) is 4.87. The van der Waals surface area contributed by atoms with Gasteiger partial charge < -0.3 is 8.94 Å². The second-order valence-electron chi connectivity index (χ2n) is 6.88. The Hall–Kier alpha value is -3.72. The molecule has 0 fully saturated rings. The van der Waals surface area contributed by atoms with Crippen LogP contribution in [0.5, 0.6) is 0 Å². The third kappa shape index (κ3) is 3.64. The highest BCUT2D eigenvalue weighted by atomic mass is 79.9. The fraction of sp³-hybridized carbons (Fsp3) is 0.0909. The van der Waals surface area contributed by atoms with E-state index in [1.165, 1.54) is 10.8 Å². The zero-order valence-electron chi connectivity index (χ0n) is 16.1. The Labute approximate surface area is 183 Å². The van der Waals surface area contributed by atoms with Gasteiger partial charge in [-0.15, -0.1) is 0 Å². The fourth-order valence-corrected chi connectivity index (χ4v) is 3.82. The van der Waals surface area contributed by atoms with Crippen molar-refractivity contribution >= 4 is 26.8 Å². The molecule has 0 aliphatic carbocycles. The van der Waals surface area contributed by atoms with Crippen LogP contribution in [0.4, 0.5) is 0 Å². The van der Waals surface area contributed by atoms with E-state index >= 15 is 0 Å². The third-order valence-electron chi connectivity index (χ3n) is 4.87. The minimum absolute atomic E-state index is 0.0266. The van der Waals surface area contributed by atoms with Gasteiger partial charge in [0.15, 0.2) is 0 Å². The number of nitrogens with zero attached hydrogens (tertiary/aromatic N) is 4. The molecule has 0 bridgehead atoms. The van der Waals surface area contributed by atoms with Crippen LogP contribution in [0.25, 0.3) is 22.3 Å². The van der Waals surface area contributed by atoms with E-state index in [0.29, 0.717) is 22.5 Å². The first-order valence-corrected chi connectivity index (χ1v) is 10.2. The highest BCUT2D eigenvalue weighted by Gasteiger charge is 2.17. The molecule has 31 heavy (non-hydrogen) atoms. The van der Waals surface area contributed by atoms with E-state index in [4.69, 9.17) is 8.94 Å². The van der Waals surface area contributed by atoms with Gasteiger partial charge in [0.25, 0.3) is 5.56 Å². The maximum Gasteiger partial charge on any atom is 0.332 e. The first kappa shape index (κ1) is 19.3. The zero-order chi connectivity index (χ0) is 21.4. The molecule has 2 aromatic carbocycles. The van der Waals surface area contributed by atoms with Crippen LogP contribution >= 0.6 is 15.9 Å². The summed E-state index contributed by atoms with van der Waals surface area (Å²) >= 11 is 3.42. The lowest BCUT2D eigenvalue weighted by Crippen LogP contribution is -2.40. The summed E-state index contributed by atoms with van der Waals surface area (Å²) < 4.78 is 14.2. The number of fused-ring (bicyclic) bond motifs is 1. The summed E-state index contributed by atoms with van der Waals surface area (Å²) in [4.78, 5) is 30.6. The SMILES string of the molecule is O=c1c2ccccc2n(Cc2nc(-c3cccc(Br)c3)no2)c(=O)n1Cc1ccco1. The predicted molar refractivity (Wildman–Crippen MR) is 117 cm³/mol. The molecule has 8 nitrogen and oxygen atoms in total. The summed E-state index contributed by atoms with van der Waals surface area (Å²) in [5, 5.41) is 4.45. The number of rotatable bonds is 5. The summed E-state index contributed by atoms with van der Waals surface area (Å²) in [5.74, 6) is 1.18. The molecule has 0 saturated heterocycles. The molecule has 3 heterocycles. The highest BCUT2D eigenvalue weighted by Crippen LogP contribution is 2.20. The second-order valence-corrected chi connectivity index (χ2v) is 7.79. The van der Waals surface area contributed by atoms with Crippen LogP contribution in [-0.4, -0.2) is 19.3 Å². The summed E-state index contributed by atoms with van der Waals surface area (Å²) in [6, 6.07) is 17.9. The minimum Gasteiger partial charge on any atom is -0.467 e. The van der Waals surface area contributed by atoms with E-state index in [0.717, 1.165) is 14.6 Å². The molecule has 3 aromatic heterocycles. The molecule has 0 amide bonds. The van der Waals surface area contributed by atoms with E-state index in [2.05, 4.69) is 26.1 Å². The number of hydrogen-bond donors (Lipinski definition) is 0. The molecule has 0 radical (unpaired) electrons. The van der Waals surface area contributed by atoms with Crippen LogP contribution < -0.4 is 11.2 Å². The van der Waals surface area contributed by atoms with Crippen molar-refractivity contribution in [2.45, 2.75) is 13.1 Å². The monoisotopic (exact) mass is 478 g/mol. The zero-order valence-corrected chi connectivity index (χ0v) is 17.7. The Morgan fingerprint density at radius 1 is 0.935 bits per heavy atom. The van der Waals surface area contributed by atoms with E-state index in [1.54, 1.807) is 36.4 Å². The molecular formula is C22H15BrN4O4. The van der Waals surface area contributed by atoms with Crippen molar-refractivity contribution in [3.05, 3.63) is 104 Å². The van der Waals surface area contributed by atoms with E-state index in [1.807, 2.05) is 24.3 Å². The van der Waals surface area contributed by atoms with Gasteiger partial charge in [0, 0.05) is 10.0 Å². The first-order chi connectivity index (χ1) is 15.1. The van der Waals surface area contributed by atoms with Gasteiger partial charge in [0.05, 0.1) is 23.7 Å². The van der Waals surface area contributed by atoms with Crippen molar-refractivity contribution in [3.8, 4) is 11.4 Å². The fourth-order valence-electron chi connectivity index (χ4n) is 3.42. The van der Waals surface area contributed by atoms with Crippen LogP contribution in [-0.2, 0) is 13.1 Å². The van der Waals surface area contributed by atoms with Crippen molar-refractivity contribution < 1.29 is 8.94 Å². The lowest BCUT2D eigenvalue weighted by molar-refractivity contribution is 0.369. The summed E-state index contributed by atoms with van der Waals surface area (Å²) in [7, 11) is 0. The lowest BCUT2D eigenvalue weighted by atomic mass is 10.2. The summed E-state index contributed by atoms with van der Waals surface area (Å²) in [6.45, 7) is 0.0570. The van der Waals surface area contributed by atoms with Crippen molar-refractivity contribution in [3.63, 3.8) is 0 Å². The van der Waals surface area contributed by atoms with Gasteiger partial charge >= 0.3 is 5.69 Å². The van der Waals surface area contributed by atoms with Crippen molar-refractivity contribution in [1.82, 2.24) is 19.3 Å². The third-order valence-corrected chi connectivity index (χ3v) is 5.36. The molecule has 0 spiro atoms. The number of para-hydroxylation sites is 1. The number of aromatic nitrogens is 4. The number of benzene rings is 2. The van der Waals surface area contributed by atoms with E-state index in [9.17, 15) is 9.59 Å². The van der Waals surface area contributed by atoms with Gasteiger partial charge in [-0.3, -0.25) is 13.9 Å². The maximum absolute atomic E-state index is 13.2. The number of halogens is 1. The van der Waals surface area contributed by atoms with E-state index < -0.39 is 5.69 Å². The predicted octanol–water partition coefficient (Wildman–Crippen LogP) is 3.67. The molecule has 5 aromatic rings. The number of furan rings is 1. The summed E-state index contributed by atoms with van der Waals surface area (Å²) in [5.41, 5.74) is 0.413. The van der Waals surface area contributed by atoms with Crippen molar-refractivity contribution in [2.24, 2.45) is 0 Å². The average Bonchev–Trinajstić information content (AvgIpc) is 3.46. The van der Waals surface area contributed by atoms with Gasteiger partial charge in [0.1, 0.15) is 12.3 Å². The number of hydrogen-bond acceptors (Lipinski definition) is 6. The van der Waals surface area contributed by atoms with Gasteiger partial charge in [0.2, 0.25) is 11.7 Å². The smallest absolute Gasteiger partial charge is 0.332 e. The molecule has 0 unspecified atom stereocenters. The van der Waals surface area contributed by atoms with Crippen LogP contribution in [0.3, 0.4) is 0 Å². The van der Waals surface area contributed by atoms with Crippen LogP contribution in [0, 0.1) is 0 Å². The topological polar surface area (TPSA) is 96.1 Å². The molecule has 9 heteroatoms. The molecule has 154 valence electrons. The van der Waals surface area contributed by atoms with Crippen molar-refractivity contribution in [2.75, 3.05) is 0 Å². The average molecular weight is 479 g/mol. The molecule has 0 saturated carbocycles. The second kappa shape index (κ2) is 7.84. The molecule has 0 aliphatic rings. The van der Waals surface area contributed by atoms with Gasteiger partial charge in [-0.05, 0) is 36.4 Å². The van der Waals surface area contributed by atoms with Crippen LogP contribution in [0.15, 0.2) is 89.9 Å². The largest absolute Gasteiger partial charge is 0.467 e. The Morgan fingerprint density at radius 2 is 1.81 bits per heavy atom. The standard InChI is InChI=1S/C22H15BrN4O4/c23-15-6-3-5-14(11-15)20-24-19(31-25-20)13-26-18-9-2-1-8-17(18)21(28)27(22(26)29)12-16-7-4-10-30-16/h1-11H,12-13H2. The molecule has 5 rings (SSSR count). The Bertz CT molecular complexity index is 1500. The van der Waals surface area contributed by atoms with Gasteiger partial charge in [-0.2, -0.15) is 4.98 Å². The van der Waals surface area contributed by atoms with Crippen LogP contribution in [0.2, 0.25) is 0 Å². The lowest BCUT2D eigenvalue weighted by Gasteiger charge is -2.12. The highest BCUT2D eigenvalue weighted by molar-refractivity contribution is 9.10. The first-order valence-electron chi connectivity index (χ1n) is 9.43. The molecule has 0 N–H and O–H groups in total.